The quantitative estimate of drug-likeness (QED) is 0.674. The summed E-state index contributed by atoms with van der Waals surface area (Å²) in [6, 6.07) is 4.80. The zero-order valence-electron chi connectivity index (χ0n) is 17.5. The number of fused-ring (bicyclic) bond motifs is 1. The molecule has 1 unspecified atom stereocenters. The van der Waals surface area contributed by atoms with Crippen LogP contribution >= 0.6 is 11.6 Å². The summed E-state index contributed by atoms with van der Waals surface area (Å²) in [4.78, 5) is 7.05. The molecule has 3 heterocycles. The molecular weight excluding hydrogens is 384 g/mol. The largest absolute Gasteiger partial charge is 0.323 e. The van der Waals surface area contributed by atoms with Crippen molar-refractivity contribution in [3.05, 3.63) is 34.1 Å². The summed E-state index contributed by atoms with van der Waals surface area (Å²) in [6.07, 6.45) is 6.57. The van der Waals surface area contributed by atoms with Gasteiger partial charge in [0.1, 0.15) is 0 Å². The molecule has 1 aliphatic carbocycles. The maximum absolute atomic E-state index is 9.60. The molecule has 29 heavy (non-hydrogen) atoms. The van der Waals surface area contributed by atoms with Crippen molar-refractivity contribution in [1.29, 1.82) is 5.26 Å². The van der Waals surface area contributed by atoms with E-state index in [0.717, 1.165) is 60.5 Å². The number of anilines is 1. The van der Waals surface area contributed by atoms with Gasteiger partial charge in [0.15, 0.2) is 11.3 Å². The molecule has 1 atom stereocenters. The van der Waals surface area contributed by atoms with Crippen molar-refractivity contribution in [3.8, 4) is 6.07 Å². The third kappa shape index (κ3) is 3.32. The fraction of sp³-hybridized carbons (Fsp3) is 0.545. The number of aromatic nitrogens is 4. The molecule has 4 rings (SSSR count). The van der Waals surface area contributed by atoms with Gasteiger partial charge < -0.3 is 4.90 Å². The molecular formula is C22H27ClN6. The summed E-state index contributed by atoms with van der Waals surface area (Å²) in [5, 5.41) is 19.3. The van der Waals surface area contributed by atoms with Gasteiger partial charge in [0.2, 0.25) is 0 Å². The van der Waals surface area contributed by atoms with Crippen LogP contribution in [0.2, 0.25) is 0 Å². The van der Waals surface area contributed by atoms with E-state index < -0.39 is 5.41 Å². The van der Waals surface area contributed by atoms with Crippen molar-refractivity contribution in [2.75, 3.05) is 11.4 Å². The zero-order chi connectivity index (χ0) is 20.8. The minimum atomic E-state index is -0.549. The fourth-order valence-electron chi connectivity index (χ4n) is 4.60. The number of hydrogen-bond donors (Lipinski definition) is 0. The van der Waals surface area contributed by atoms with E-state index in [0.29, 0.717) is 17.5 Å². The third-order valence-corrected chi connectivity index (χ3v) is 6.37. The Hall–Kier alpha value is -2.39. The van der Waals surface area contributed by atoms with Crippen molar-refractivity contribution < 1.29 is 0 Å². The average molecular weight is 411 g/mol. The minimum Gasteiger partial charge on any atom is -0.323 e. The van der Waals surface area contributed by atoms with E-state index in [4.69, 9.17) is 16.6 Å². The summed E-state index contributed by atoms with van der Waals surface area (Å²) < 4.78 is 2.04. The summed E-state index contributed by atoms with van der Waals surface area (Å²) in [7, 11) is 0. The van der Waals surface area contributed by atoms with Crippen LogP contribution in [-0.2, 0) is 0 Å². The molecule has 0 amide bonds. The van der Waals surface area contributed by atoms with E-state index in [9.17, 15) is 5.26 Å². The number of rotatable bonds is 4. The Morgan fingerprint density at radius 2 is 2.10 bits per heavy atom. The van der Waals surface area contributed by atoms with Gasteiger partial charge in [-0.3, -0.25) is 0 Å². The van der Waals surface area contributed by atoms with Gasteiger partial charge in [-0.25, -0.2) is 9.67 Å². The van der Waals surface area contributed by atoms with Gasteiger partial charge >= 0.3 is 0 Å². The van der Waals surface area contributed by atoms with Crippen molar-refractivity contribution in [3.63, 3.8) is 0 Å². The molecule has 7 heteroatoms. The van der Waals surface area contributed by atoms with E-state index >= 15 is 0 Å². The van der Waals surface area contributed by atoms with Crippen LogP contribution < -0.4 is 4.90 Å². The second-order valence-electron chi connectivity index (χ2n) is 8.36. The standard InChI is InChI=1S/C22H27ClN6/c1-5-16(6-2)29-18-10-14(3)25-21(19(18)26-27-29)28-9-7-8-15-11-22(4,13-24)12-17(23)20(15)28/h10,12,16H,5-9,11H2,1-4H3. The Labute approximate surface area is 176 Å². The molecule has 0 saturated heterocycles. The first kappa shape index (κ1) is 19.9. The van der Waals surface area contributed by atoms with Crippen LogP contribution in [0.15, 0.2) is 28.4 Å². The Morgan fingerprint density at radius 3 is 2.79 bits per heavy atom. The Bertz CT molecular complexity index is 1060. The first-order valence-corrected chi connectivity index (χ1v) is 10.8. The summed E-state index contributed by atoms with van der Waals surface area (Å²) >= 11 is 6.73. The highest BCUT2D eigenvalue weighted by atomic mass is 35.5. The van der Waals surface area contributed by atoms with Crippen molar-refractivity contribution >= 4 is 28.5 Å². The van der Waals surface area contributed by atoms with Gasteiger partial charge in [-0.05, 0) is 63.7 Å². The lowest BCUT2D eigenvalue weighted by Gasteiger charge is -2.38. The number of halogens is 1. The summed E-state index contributed by atoms with van der Waals surface area (Å²) in [5.74, 6) is 0.816. The predicted octanol–water partition coefficient (Wildman–Crippen LogP) is 5.41. The van der Waals surface area contributed by atoms with Crippen LogP contribution in [0.1, 0.15) is 64.6 Å². The van der Waals surface area contributed by atoms with Gasteiger partial charge in [-0.2, -0.15) is 5.26 Å². The van der Waals surface area contributed by atoms with Crippen LogP contribution in [0.5, 0.6) is 0 Å². The molecule has 0 radical (unpaired) electrons. The zero-order valence-corrected chi connectivity index (χ0v) is 18.3. The molecule has 2 aromatic heterocycles. The van der Waals surface area contributed by atoms with E-state index in [1.54, 1.807) is 0 Å². The van der Waals surface area contributed by atoms with E-state index in [1.807, 2.05) is 24.6 Å². The van der Waals surface area contributed by atoms with Crippen LogP contribution in [0.25, 0.3) is 11.0 Å². The number of nitriles is 1. The monoisotopic (exact) mass is 410 g/mol. The summed E-state index contributed by atoms with van der Waals surface area (Å²) in [5.41, 5.74) is 4.46. The first-order valence-electron chi connectivity index (χ1n) is 10.4. The molecule has 6 nitrogen and oxygen atoms in total. The number of allylic oxidation sites excluding steroid dienone is 3. The second-order valence-corrected chi connectivity index (χ2v) is 8.77. The fourth-order valence-corrected chi connectivity index (χ4v) is 5.08. The summed E-state index contributed by atoms with van der Waals surface area (Å²) in [6.45, 7) is 9.14. The maximum atomic E-state index is 9.60. The SMILES string of the molecule is CCC(CC)n1nnc2c(N3CCCC4=C3C(Cl)=CC(C)(C#N)C4)nc(C)cc21. The van der Waals surface area contributed by atoms with E-state index in [2.05, 4.69) is 41.2 Å². The molecule has 0 fully saturated rings. The Balaban J connectivity index is 1.86. The highest BCUT2D eigenvalue weighted by Crippen LogP contribution is 2.45. The molecule has 0 aromatic carbocycles. The second kappa shape index (κ2) is 7.46. The van der Waals surface area contributed by atoms with Crippen LogP contribution in [-0.4, -0.2) is 26.5 Å². The molecule has 0 bridgehead atoms. The first-order chi connectivity index (χ1) is 13.9. The Kier molecular flexibility index (Phi) is 5.12. The lowest BCUT2D eigenvalue weighted by Crippen LogP contribution is -2.34. The molecule has 152 valence electrons. The third-order valence-electron chi connectivity index (χ3n) is 6.09. The molecule has 0 spiro atoms. The van der Waals surface area contributed by atoms with Gasteiger partial charge in [-0.15, -0.1) is 5.10 Å². The molecule has 2 aliphatic rings. The lowest BCUT2D eigenvalue weighted by molar-refractivity contribution is 0.430. The van der Waals surface area contributed by atoms with Gasteiger partial charge in [0.25, 0.3) is 0 Å². The molecule has 2 aromatic rings. The van der Waals surface area contributed by atoms with Gasteiger partial charge in [0, 0.05) is 12.2 Å². The molecule has 1 aliphatic heterocycles. The highest BCUT2D eigenvalue weighted by molar-refractivity contribution is 6.32. The van der Waals surface area contributed by atoms with E-state index in [1.165, 1.54) is 5.57 Å². The average Bonchev–Trinajstić information content (AvgIpc) is 3.11. The molecule has 0 saturated carbocycles. The Morgan fingerprint density at radius 1 is 1.34 bits per heavy atom. The van der Waals surface area contributed by atoms with Crippen molar-refractivity contribution in [2.24, 2.45) is 5.41 Å². The normalized spacial score (nSPS) is 22.1. The van der Waals surface area contributed by atoms with Crippen LogP contribution in [0.3, 0.4) is 0 Å². The number of aryl methyl sites for hydroxylation is 1. The van der Waals surface area contributed by atoms with E-state index in [-0.39, 0.29) is 0 Å². The maximum Gasteiger partial charge on any atom is 0.163 e. The number of nitrogens with zero attached hydrogens (tertiary/aromatic N) is 6. The van der Waals surface area contributed by atoms with Crippen LogP contribution in [0, 0.1) is 23.7 Å². The van der Waals surface area contributed by atoms with Gasteiger partial charge in [-0.1, -0.05) is 30.7 Å². The number of hydrogen-bond acceptors (Lipinski definition) is 5. The van der Waals surface area contributed by atoms with Crippen molar-refractivity contribution in [1.82, 2.24) is 20.0 Å². The topological polar surface area (TPSA) is 70.6 Å². The molecule has 0 N–H and O–H groups in total. The minimum absolute atomic E-state index is 0.320. The van der Waals surface area contributed by atoms with Crippen molar-refractivity contribution in [2.45, 2.75) is 65.8 Å². The van der Waals surface area contributed by atoms with Gasteiger partial charge in [0.05, 0.1) is 33.8 Å². The lowest BCUT2D eigenvalue weighted by atomic mass is 9.78. The highest BCUT2D eigenvalue weighted by Gasteiger charge is 2.36. The van der Waals surface area contributed by atoms with Crippen LogP contribution in [0.4, 0.5) is 5.82 Å². The predicted molar refractivity (Wildman–Crippen MR) is 116 cm³/mol. The smallest absolute Gasteiger partial charge is 0.163 e. The number of pyridine rings is 1.